The van der Waals surface area contributed by atoms with Crippen molar-refractivity contribution in [3.8, 4) is 0 Å². The van der Waals surface area contributed by atoms with Gasteiger partial charge in [-0.3, -0.25) is 5.41 Å². The van der Waals surface area contributed by atoms with Crippen molar-refractivity contribution >= 4 is 17.7 Å². The summed E-state index contributed by atoms with van der Waals surface area (Å²) in [5, 5.41) is 7.09. The molecule has 4 nitrogen and oxygen atoms in total. The first kappa shape index (κ1) is 10.2. The molecule has 16 heavy (non-hydrogen) atoms. The van der Waals surface area contributed by atoms with Crippen LogP contribution in [0.25, 0.3) is 0 Å². The van der Waals surface area contributed by atoms with Gasteiger partial charge in [0.1, 0.15) is 6.34 Å². The second kappa shape index (κ2) is 4.44. The number of benzene rings is 1. The maximum atomic E-state index is 7.09. The largest absolute Gasteiger partial charge is 0.398 e. The minimum Gasteiger partial charge on any atom is -0.398 e. The molecule has 0 saturated carbocycles. The second-order valence-corrected chi connectivity index (χ2v) is 3.28. The van der Waals surface area contributed by atoms with Crippen molar-refractivity contribution in [2.75, 3.05) is 5.73 Å². The highest BCUT2D eigenvalue weighted by molar-refractivity contribution is 6.16. The van der Waals surface area contributed by atoms with E-state index < -0.39 is 0 Å². The number of rotatable bonds is 3. The number of hydrogen-bond donors (Lipinski definition) is 3. The summed E-state index contributed by atoms with van der Waals surface area (Å²) in [7, 11) is 0. The second-order valence-electron chi connectivity index (χ2n) is 3.28. The van der Waals surface area contributed by atoms with E-state index in [0.29, 0.717) is 11.4 Å². The molecule has 2 rings (SSSR count). The van der Waals surface area contributed by atoms with Gasteiger partial charge in [0.25, 0.3) is 0 Å². The summed E-state index contributed by atoms with van der Waals surface area (Å²) in [4.78, 5) is 7.10. The van der Waals surface area contributed by atoms with E-state index in [9.17, 15) is 0 Å². The molecule has 0 aliphatic rings. The fourth-order valence-electron chi connectivity index (χ4n) is 1.54. The van der Waals surface area contributed by atoms with Crippen LogP contribution in [0.15, 0.2) is 47.6 Å². The van der Waals surface area contributed by atoms with Crippen LogP contribution in [0.3, 0.4) is 0 Å². The number of nitrogens with one attached hydrogen (secondary N) is 2. The van der Waals surface area contributed by atoms with Gasteiger partial charge in [-0.25, -0.2) is 4.99 Å². The van der Waals surface area contributed by atoms with Crippen LogP contribution in [0.5, 0.6) is 0 Å². The summed E-state index contributed by atoms with van der Waals surface area (Å²) < 4.78 is 0. The Kier molecular flexibility index (Phi) is 2.82. The third-order valence-electron chi connectivity index (χ3n) is 2.26. The van der Waals surface area contributed by atoms with Crippen LogP contribution in [0.2, 0.25) is 0 Å². The summed E-state index contributed by atoms with van der Waals surface area (Å²) >= 11 is 0. The number of para-hydroxylation sites is 1. The fourth-order valence-corrected chi connectivity index (χ4v) is 1.54. The molecule has 0 aliphatic heterocycles. The molecule has 2 aromatic rings. The van der Waals surface area contributed by atoms with Gasteiger partial charge >= 0.3 is 0 Å². The maximum Gasteiger partial charge on any atom is 0.107 e. The number of anilines is 1. The molecule has 0 aliphatic carbocycles. The van der Waals surface area contributed by atoms with Gasteiger partial charge in [0.05, 0.1) is 11.4 Å². The summed E-state index contributed by atoms with van der Waals surface area (Å²) in [6.07, 6.45) is 2.83. The summed E-state index contributed by atoms with van der Waals surface area (Å²) in [5.74, 6) is 0. The van der Waals surface area contributed by atoms with E-state index in [2.05, 4.69) is 9.98 Å². The van der Waals surface area contributed by atoms with Crippen molar-refractivity contribution in [1.29, 1.82) is 5.41 Å². The van der Waals surface area contributed by atoms with Crippen LogP contribution in [0.1, 0.15) is 11.3 Å². The Hall–Kier alpha value is -2.36. The number of nitrogen functional groups attached to an aromatic ring is 1. The molecule has 0 unspecified atom stereocenters. The van der Waals surface area contributed by atoms with Crippen molar-refractivity contribution < 1.29 is 0 Å². The van der Waals surface area contributed by atoms with Gasteiger partial charge in [-0.15, -0.1) is 0 Å². The van der Waals surface area contributed by atoms with Crippen LogP contribution >= 0.6 is 0 Å². The molecule has 1 aromatic heterocycles. The molecule has 0 atom stereocenters. The number of hydrogen-bond acceptors (Lipinski definition) is 2. The lowest BCUT2D eigenvalue weighted by Gasteiger charge is -2.06. The number of nitrogens with zero attached hydrogens (tertiary/aromatic N) is 1. The third-order valence-corrected chi connectivity index (χ3v) is 2.26. The first-order valence-corrected chi connectivity index (χ1v) is 4.88. The smallest absolute Gasteiger partial charge is 0.107 e. The number of aromatic nitrogens is 1. The monoisotopic (exact) mass is 212 g/mol. The number of aromatic amines is 1. The Bertz CT molecular complexity index is 512. The van der Waals surface area contributed by atoms with E-state index in [1.807, 2.05) is 42.6 Å². The first-order chi connectivity index (χ1) is 7.83. The molecular weight excluding hydrogens is 200 g/mol. The first-order valence-electron chi connectivity index (χ1n) is 4.88. The zero-order valence-electron chi connectivity index (χ0n) is 8.64. The van der Waals surface area contributed by atoms with Crippen LogP contribution in [-0.4, -0.2) is 17.0 Å². The molecule has 0 spiro atoms. The highest BCUT2D eigenvalue weighted by Crippen LogP contribution is 2.15. The molecule has 4 N–H and O–H groups in total. The van der Waals surface area contributed by atoms with Crippen molar-refractivity contribution in [2.45, 2.75) is 0 Å². The van der Waals surface area contributed by atoms with Crippen molar-refractivity contribution in [3.05, 3.63) is 53.9 Å². The molecular formula is C12H12N4. The highest BCUT2D eigenvalue weighted by Gasteiger charge is 2.09. The van der Waals surface area contributed by atoms with Gasteiger partial charge in [0.15, 0.2) is 0 Å². The molecule has 0 saturated heterocycles. The maximum absolute atomic E-state index is 7.09. The predicted octanol–water partition coefficient (Wildman–Crippen LogP) is 2.04. The van der Waals surface area contributed by atoms with Crippen molar-refractivity contribution in [2.24, 2.45) is 4.99 Å². The number of aliphatic imine (C=N–C) groups is 1. The Morgan fingerprint density at radius 3 is 2.69 bits per heavy atom. The van der Waals surface area contributed by atoms with Gasteiger partial charge in [-0.05, 0) is 18.2 Å². The average molecular weight is 212 g/mol. The standard InChI is InChI=1S/C12H12N4/c13-8-16-12(11-6-3-7-15-11)9-4-1-2-5-10(9)14/h1-8,13,15H,14H2. The van der Waals surface area contributed by atoms with Gasteiger partial charge in [0, 0.05) is 17.4 Å². The quantitative estimate of drug-likeness (QED) is 0.406. The lowest BCUT2D eigenvalue weighted by atomic mass is 10.1. The van der Waals surface area contributed by atoms with Crippen LogP contribution in [-0.2, 0) is 0 Å². The highest BCUT2D eigenvalue weighted by atomic mass is 14.8. The lowest BCUT2D eigenvalue weighted by Crippen LogP contribution is -2.07. The zero-order chi connectivity index (χ0) is 11.4. The van der Waals surface area contributed by atoms with Crippen LogP contribution in [0, 0.1) is 5.41 Å². The fraction of sp³-hybridized carbons (Fsp3) is 0. The molecule has 1 aromatic carbocycles. The van der Waals surface area contributed by atoms with Gasteiger partial charge in [0.2, 0.25) is 0 Å². The third kappa shape index (κ3) is 1.86. The van der Waals surface area contributed by atoms with Gasteiger partial charge in [-0.1, -0.05) is 18.2 Å². The van der Waals surface area contributed by atoms with E-state index in [0.717, 1.165) is 17.6 Å². The zero-order valence-corrected chi connectivity index (χ0v) is 8.64. The molecule has 1 heterocycles. The summed E-state index contributed by atoms with van der Waals surface area (Å²) in [6, 6.07) is 11.3. The molecule has 0 bridgehead atoms. The van der Waals surface area contributed by atoms with Gasteiger partial charge in [-0.2, -0.15) is 0 Å². The van der Waals surface area contributed by atoms with E-state index in [4.69, 9.17) is 11.1 Å². The summed E-state index contributed by atoms with van der Waals surface area (Å²) in [6.45, 7) is 0. The van der Waals surface area contributed by atoms with Crippen LogP contribution < -0.4 is 5.73 Å². The number of H-pyrrole nitrogens is 1. The molecule has 0 radical (unpaired) electrons. The van der Waals surface area contributed by atoms with Crippen molar-refractivity contribution in [3.63, 3.8) is 0 Å². The van der Waals surface area contributed by atoms with Crippen LogP contribution in [0.4, 0.5) is 5.69 Å². The molecule has 4 heteroatoms. The van der Waals surface area contributed by atoms with E-state index in [1.165, 1.54) is 0 Å². The molecule has 80 valence electrons. The SMILES string of the molecule is N=CN=C(c1ccc[nH]1)c1ccccc1N. The lowest BCUT2D eigenvalue weighted by molar-refractivity contribution is 1.36. The van der Waals surface area contributed by atoms with Crippen molar-refractivity contribution in [1.82, 2.24) is 4.98 Å². The Morgan fingerprint density at radius 2 is 2.06 bits per heavy atom. The Balaban J connectivity index is 2.54. The minimum atomic E-state index is 0.651. The van der Waals surface area contributed by atoms with E-state index >= 15 is 0 Å². The predicted molar refractivity (Wildman–Crippen MR) is 66.1 cm³/mol. The Morgan fingerprint density at radius 1 is 1.25 bits per heavy atom. The topological polar surface area (TPSA) is 78.0 Å². The van der Waals surface area contributed by atoms with Gasteiger partial charge < -0.3 is 10.7 Å². The number of nitrogens with two attached hydrogens (primary N) is 1. The Labute approximate surface area is 93.3 Å². The molecule has 0 amide bonds. The van der Waals surface area contributed by atoms with E-state index in [-0.39, 0.29) is 0 Å². The molecule has 0 fully saturated rings. The van der Waals surface area contributed by atoms with E-state index in [1.54, 1.807) is 0 Å². The minimum absolute atomic E-state index is 0.651. The normalized spacial score (nSPS) is 11.4. The summed E-state index contributed by atoms with van der Waals surface area (Å²) in [5.41, 5.74) is 8.89. The average Bonchev–Trinajstić information content (AvgIpc) is 2.80.